The van der Waals surface area contributed by atoms with Crippen LogP contribution in [0.5, 0.6) is 0 Å². The Kier molecular flexibility index (Phi) is 10.9. The van der Waals surface area contributed by atoms with E-state index in [0.717, 1.165) is 30.2 Å². The third-order valence-electron chi connectivity index (χ3n) is 8.16. The van der Waals surface area contributed by atoms with Gasteiger partial charge in [0.05, 0.1) is 24.1 Å². The summed E-state index contributed by atoms with van der Waals surface area (Å²) in [4.78, 5) is 30.0. The lowest BCUT2D eigenvalue weighted by molar-refractivity contribution is -0.155. The number of amidine groups is 1. The Hall–Kier alpha value is -4.43. The molecule has 1 aromatic carbocycles. The van der Waals surface area contributed by atoms with Crippen LogP contribution in [0.25, 0.3) is 11.3 Å². The summed E-state index contributed by atoms with van der Waals surface area (Å²) >= 11 is 0. The molecule has 2 N–H and O–H groups in total. The fraction of sp³-hybridized carbons (Fsp3) is 0.394. The molecule has 2 amide bonds. The Morgan fingerprint density at radius 2 is 2.00 bits per heavy atom. The number of aliphatic imine (C=N–C) groups is 1. The summed E-state index contributed by atoms with van der Waals surface area (Å²) in [5.41, 5.74) is 3.53. The smallest absolute Gasteiger partial charge is 0.320 e. The molecule has 13 heteroatoms. The van der Waals surface area contributed by atoms with Gasteiger partial charge >= 0.3 is 6.03 Å². The molecule has 0 aliphatic carbocycles. The van der Waals surface area contributed by atoms with Crippen LogP contribution in [0.2, 0.25) is 0 Å². The SMILES string of the molecule is C=C/C(=C\N=C(/C)N1CC(OC)C1)c1nn(-c2ccccc2)c(NC(=O)NC[C@@H]2CN(CCOC)O[C@H]2c2ccnc(F)c2)c1C. The lowest BCUT2D eigenvalue weighted by Crippen LogP contribution is -2.53. The number of methoxy groups -OCH3 is 2. The van der Waals surface area contributed by atoms with E-state index >= 15 is 0 Å². The highest BCUT2D eigenvalue weighted by molar-refractivity contribution is 5.91. The van der Waals surface area contributed by atoms with Crippen LogP contribution >= 0.6 is 0 Å². The summed E-state index contributed by atoms with van der Waals surface area (Å²) in [5, 5.41) is 12.6. The molecule has 12 nitrogen and oxygen atoms in total. The van der Waals surface area contributed by atoms with E-state index in [1.807, 2.05) is 44.2 Å². The molecule has 3 aromatic rings. The van der Waals surface area contributed by atoms with Crippen LogP contribution in [-0.4, -0.2) is 96.2 Å². The van der Waals surface area contributed by atoms with E-state index in [1.54, 1.807) is 42.3 Å². The van der Waals surface area contributed by atoms with Crippen molar-refractivity contribution in [2.75, 3.05) is 58.9 Å². The minimum absolute atomic E-state index is 0.151. The van der Waals surface area contributed by atoms with E-state index in [2.05, 4.69) is 32.1 Å². The number of carbonyl (C=O) groups is 1. The van der Waals surface area contributed by atoms with E-state index in [1.165, 1.54) is 12.3 Å². The van der Waals surface area contributed by atoms with Crippen LogP contribution in [0.15, 0.2) is 72.5 Å². The van der Waals surface area contributed by atoms with Gasteiger partial charge in [-0.15, -0.1) is 0 Å². The normalized spacial score (nSPS) is 19.3. The van der Waals surface area contributed by atoms with E-state index in [0.29, 0.717) is 42.3 Å². The highest BCUT2D eigenvalue weighted by atomic mass is 19.1. The zero-order chi connectivity index (χ0) is 32.6. The van der Waals surface area contributed by atoms with Crippen LogP contribution < -0.4 is 10.6 Å². The maximum atomic E-state index is 14.0. The molecule has 2 atom stereocenters. The van der Waals surface area contributed by atoms with Gasteiger partial charge in [0.15, 0.2) is 0 Å². The number of hydrogen-bond acceptors (Lipinski definition) is 8. The number of nitrogens with zero attached hydrogens (tertiary/aromatic N) is 6. The molecule has 2 aliphatic rings. The summed E-state index contributed by atoms with van der Waals surface area (Å²) in [7, 11) is 3.33. The largest absolute Gasteiger partial charge is 0.383 e. The second kappa shape index (κ2) is 15.2. The van der Waals surface area contributed by atoms with E-state index < -0.39 is 18.1 Å². The summed E-state index contributed by atoms with van der Waals surface area (Å²) in [5.74, 6) is 0.641. The average Bonchev–Trinajstić information content (AvgIpc) is 3.60. The van der Waals surface area contributed by atoms with Gasteiger partial charge in [-0.05, 0) is 43.7 Å². The van der Waals surface area contributed by atoms with Crippen molar-refractivity contribution in [1.29, 1.82) is 0 Å². The molecule has 2 fully saturated rings. The molecule has 0 spiro atoms. The van der Waals surface area contributed by atoms with Crippen molar-refractivity contribution < 1.29 is 23.5 Å². The summed E-state index contributed by atoms with van der Waals surface area (Å²) in [6.45, 7) is 11.3. The van der Waals surface area contributed by atoms with Gasteiger partial charge < -0.3 is 19.7 Å². The monoisotopic (exact) mass is 632 g/mol. The number of halogens is 1. The molecule has 2 aliphatic heterocycles. The number of aromatic nitrogens is 3. The van der Waals surface area contributed by atoms with E-state index in [-0.39, 0.29) is 18.6 Å². The molecule has 244 valence electrons. The first kappa shape index (κ1) is 32.9. The van der Waals surface area contributed by atoms with Gasteiger partial charge in [-0.1, -0.05) is 30.9 Å². The first-order valence-electron chi connectivity index (χ1n) is 15.2. The number of rotatable bonds is 12. The molecular weight excluding hydrogens is 591 g/mol. The molecule has 5 rings (SSSR count). The number of likely N-dealkylation sites (tertiary alicyclic amines) is 1. The Balaban J connectivity index is 1.35. The third kappa shape index (κ3) is 7.68. The van der Waals surface area contributed by atoms with Crippen LogP contribution in [-0.2, 0) is 14.3 Å². The van der Waals surface area contributed by atoms with Gasteiger partial charge in [0.2, 0.25) is 5.95 Å². The van der Waals surface area contributed by atoms with Gasteiger partial charge in [-0.2, -0.15) is 14.6 Å². The molecule has 46 heavy (non-hydrogen) atoms. The number of hydrogen-bond donors (Lipinski definition) is 2. The molecule has 0 unspecified atom stereocenters. The van der Waals surface area contributed by atoms with Crippen LogP contribution in [0.1, 0.15) is 29.8 Å². The van der Waals surface area contributed by atoms with Crippen molar-refractivity contribution in [2.45, 2.75) is 26.1 Å². The van der Waals surface area contributed by atoms with Crippen LogP contribution in [0.4, 0.5) is 15.0 Å². The quantitative estimate of drug-likeness (QED) is 0.131. The Morgan fingerprint density at radius 1 is 1.22 bits per heavy atom. The number of ether oxygens (including phenoxy) is 2. The predicted molar refractivity (Wildman–Crippen MR) is 174 cm³/mol. The van der Waals surface area contributed by atoms with Crippen molar-refractivity contribution in [3.05, 3.63) is 90.3 Å². The molecule has 4 heterocycles. The highest BCUT2D eigenvalue weighted by Gasteiger charge is 2.36. The van der Waals surface area contributed by atoms with Gasteiger partial charge in [0.1, 0.15) is 17.8 Å². The second-order valence-corrected chi connectivity index (χ2v) is 11.2. The molecular formula is C33H41FN8O4. The van der Waals surface area contributed by atoms with Gasteiger partial charge in [0, 0.05) is 76.4 Å². The van der Waals surface area contributed by atoms with E-state index in [9.17, 15) is 9.18 Å². The van der Waals surface area contributed by atoms with Crippen molar-refractivity contribution >= 4 is 23.3 Å². The van der Waals surface area contributed by atoms with Gasteiger partial charge in [0.25, 0.3) is 0 Å². The second-order valence-electron chi connectivity index (χ2n) is 11.2. The number of urea groups is 1. The number of carbonyl (C=O) groups excluding carboxylic acids is 1. The molecule has 0 radical (unpaired) electrons. The average molecular weight is 633 g/mol. The summed E-state index contributed by atoms with van der Waals surface area (Å²) in [6.07, 6.45) is 4.62. The lowest BCUT2D eigenvalue weighted by Gasteiger charge is -2.39. The maximum absolute atomic E-state index is 14.0. The van der Waals surface area contributed by atoms with Crippen LogP contribution in [0, 0.1) is 18.8 Å². The molecule has 2 saturated heterocycles. The molecule has 0 saturated carbocycles. The third-order valence-corrected chi connectivity index (χ3v) is 8.16. The lowest BCUT2D eigenvalue weighted by atomic mass is 9.97. The number of para-hydroxylation sites is 1. The number of hydroxylamine groups is 2. The molecule has 2 aromatic heterocycles. The number of pyridine rings is 1. The summed E-state index contributed by atoms with van der Waals surface area (Å²) in [6, 6.07) is 12.2. The molecule has 0 bridgehead atoms. The van der Waals surface area contributed by atoms with Crippen LogP contribution in [0.3, 0.4) is 0 Å². The Labute approximate surface area is 268 Å². The Bertz CT molecular complexity index is 1570. The maximum Gasteiger partial charge on any atom is 0.320 e. The zero-order valence-corrected chi connectivity index (χ0v) is 26.6. The predicted octanol–water partition coefficient (Wildman–Crippen LogP) is 4.36. The highest BCUT2D eigenvalue weighted by Crippen LogP contribution is 2.34. The first-order chi connectivity index (χ1) is 22.3. The fourth-order valence-corrected chi connectivity index (χ4v) is 5.44. The topological polar surface area (TPSA) is 118 Å². The van der Waals surface area contributed by atoms with E-state index in [4.69, 9.17) is 19.4 Å². The summed E-state index contributed by atoms with van der Waals surface area (Å²) < 4.78 is 26.2. The number of allylic oxidation sites excluding steroid dienone is 2. The van der Waals surface area contributed by atoms with Crippen molar-refractivity contribution in [3.63, 3.8) is 0 Å². The van der Waals surface area contributed by atoms with Gasteiger partial charge in [-0.3, -0.25) is 10.2 Å². The minimum atomic E-state index is -0.588. The minimum Gasteiger partial charge on any atom is -0.383 e. The van der Waals surface area contributed by atoms with Crippen molar-refractivity contribution in [3.8, 4) is 5.69 Å². The van der Waals surface area contributed by atoms with Crippen molar-refractivity contribution in [1.82, 2.24) is 30.0 Å². The number of amides is 2. The number of nitrogens with one attached hydrogen (secondary N) is 2. The standard InChI is InChI=1S/C33H41FN8O4/c1-6-24(17-36-23(3)40-20-28(21-40)45-5)30-22(2)32(42(39-30)27-10-8-7-9-11-27)38-33(43)37-18-26-19-41(14-15-44-4)46-31(26)25-12-13-35-29(34)16-25/h6-13,16-17,26,28,31H,1,14-15,18-21H2,2-5H3,(H2,37,38,43)/b24-17+,36-23+/t26-,31+/m1/s1. The Morgan fingerprint density at radius 3 is 2.70 bits per heavy atom. The first-order valence-corrected chi connectivity index (χ1v) is 15.2. The number of anilines is 1. The van der Waals surface area contributed by atoms with Crippen molar-refractivity contribution in [2.24, 2.45) is 10.9 Å². The fourth-order valence-electron chi connectivity index (χ4n) is 5.44. The number of benzene rings is 1. The van der Waals surface area contributed by atoms with Gasteiger partial charge in [-0.25, -0.2) is 19.5 Å². The zero-order valence-electron chi connectivity index (χ0n) is 26.6.